The molecule has 3 amide bonds. The van der Waals surface area contributed by atoms with Crippen molar-refractivity contribution < 1.29 is 14.1 Å². The smallest absolute Gasteiger partial charge is 0.321 e. The molecule has 3 aromatic rings. The van der Waals surface area contributed by atoms with Crippen LogP contribution in [0.1, 0.15) is 16.1 Å². The van der Waals surface area contributed by atoms with Crippen LogP contribution >= 0.6 is 0 Å². The summed E-state index contributed by atoms with van der Waals surface area (Å²) >= 11 is 0. The average molecular weight is 362 g/mol. The highest BCUT2D eigenvalue weighted by molar-refractivity contribution is 6.08. The van der Waals surface area contributed by atoms with Crippen molar-refractivity contribution in [3.63, 3.8) is 0 Å². The first kappa shape index (κ1) is 16.8. The summed E-state index contributed by atoms with van der Waals surface area (Å²) in [5.41, 5.74) is 3.15. The van der Waals surface area contributed by atoms with Gasteiger partial charge in [-0.15, -0.1) is 0 Å². The largest absolute Gasteiger partial charge is 0.360 e. The number of rotatable bonds is 4. The number of hydrogen-bond donors (Lipinski definition) is 2. The monoisotopic (exact) mass is 362 g/mol. The first-order chi connectivity index (χ1) is 13.1. The lowest BCUT2D eigenvalue weighted by Gasteiger charge is -2.14. The first-order valence-corrected chi connectivity index (χ1v) is 8.62. The van der Waals surface area contributed by atoms with Crippen LogP contribution in [0.25, 0.3) is 11.3 Å². The van der Waals surface area contributed by atoms with Gasteiger partial charge >= 0.3 is 6.03 Å². The normalized spacial score (nSPS) is 13.5. The topological polar surface area (TPSA) is 87.5 Å². The number of carbonyl (C=O) groups excluding carboxylic acids is 2. The maximum Gasteiger partial charge on any atom is 0.321 e. The molecule has 0 unspecified atom stereocenters. The van der Waals surface area contributed by atoms with Gasteiger partial charge in [0.15, 0.2) is 0 Å². The van der Waals surface area contributed by atoms with E-state index in [2.05, 4.69) is 15.8 Å². The van der Waals surface area contributed by atoms with Gasteiger partial charge in [-0.05, 0) is 31.2 Å². The second-order valence-electron chi connectivity index (χ2n) is 6.21. The predicted molar refractivity (Wildman–Crippen MR) is 102 cm³/mol. The fraction of sp³-hybridized carbons (Fsp3) is 0.150. The van der Waals surface area contributed by atoms with Crippen LogP contribution < -0.4 is 15.5 Å². The summed E-state index contributed by atoms with van der Waals surface area (Å²) in [6, 6.07) is 16.5. The van der Waals surface area contributed by atoms with E-state index in [4.69, 9.17) is 4.52 Å². The van der Waals surface area contributed by atoms with Gasteiger partial charge in [0.05, 0.1) is 0 Å². The Labute approximate surface area is 156 Å². The van der Waals surface area contributed by atoms with Gasteiger partial charge in [0.1, 0.15) is 17.0 Å². The molecule has 1 aliphatic heterocycles. The summed E-state index contributed by atoms with van der Waals surface area (Å²) < 4.78 is 5.25. The fourth-order valence-electron chi connectivity index (χ4n) is 3.07. The summed E-state index contributed by atoms with van der Waals surface area (Å²) in [7, 11) is 0. The van der Waals surface area contributed by atoms with Crippen LogP contribution in [0.15, 0.2) is 59.1 Å². The molecule has 1 fully saturated rings. The van der Waals surface area contributed by atoms with E-state index in [1.807, 2.05) is 30.3 Å². The van der Waals surface area contributed by atoms with Crippen molar-refractivity contribution in [2.45, 2.75) is 6.92 Å². The van der Waals surface area contributed by atoms with Crippen molar-refractivity contribution in [1.29, 1.82) is 0 Å². The van der Waals surface area contributed by atoms with Crippen molar-refractivity contribution in [1.82, 2.24) is 10.5 Å². The molecule has 2 N–H and O–H groups in total. The van der Waals surface area contributed by atoms with E-state index < -0.39 is 0 Å². The quantitative estimate of drug-likeness (QED) is 0.744. The molecule has 0 radical (unpaired) electrons. The summed E-state index contributed by atoms with van der Waals surface area (Å²) in [6.45, 7) is 2.97. The SMILES string of the molecule is Cc1onc(-c2ccccc2)c1C(=O)Nc1ccc(N2CCNC2=O)cc1. The number of anilines is 2. The van der Waals surface area contributed by atoms with Crippen molar-refractivity contribution in [2.75, 3.05) is 23.3 Å². The van der Waals surface area contributed by atoms with E-state index in [0.717, 1.165) is 11.3 Å². The Kier molecular flexibility index (Phi) is 4.33. The molecule has 0 atom stereocenters. The Hall–Kier alpha value is -3.61. The molecule has 2 aromatic carbocycles. The number of urea groups is 1. The molecule has 0 aliphatic carbocycles. The maximum absolute atomic E-state index is 12.8. The summed E-state index contributed by atoms with van der Waals surface area (Å²) in [4.78, 5) is 26.2. The second kappa shape index (κ2) is 6.95. The number of nitrogens with zero attached hydrogens (tertiary/aromatic N) is 2. The van der Waals surface area contributed by atoms with Crippen LogP contribution in [0.5, 0.6) is 0 Å². The van der Waals surface area contributed by atoms with Gasteiger partial charge in [0.2, 0.25) is 0 Å². The number of aromatic nitrogens is 1. The Morgan fingerprint density at radius 1 is 1.15 bits per heavy atom. The standard InChI is InChI=1S/C20H18N4O3/c1-13-17(18(23-27-13)14-5-3-2-4-6-14)19(25)22-15-7-9-16(10-8-15)24-12-11-21-20(24)26/h2-10H,11-12H2,1H3,(H,21,26)(H,22,25). The van der Waals surface area contributed by atoms with E-state index in [9.17, 15) is 9.59 Å². The van der Waals surface area contributed by atoms with E-state index in [-0.39, 0.29) is 11.9 Å². The molecule has 0 saturated carbocycles. The Balaban J connectivity index is 1.55. The molecule has 4 rings (SSSR count). The highest BCUT2D eigenvalue weighted by atomic mass is 16.5. The van der Waals surface area contributed by atoms with Gasteiger partial charge in [0, 0.05) is 30.0 Å². The second-order valence-corrected chi connectivity index (χ2v) is 6.21. The molecule has 27 heavy (non-hydrogen) atoms. The van der Waals surface area contributed by atoms with Crippen LogP contribution in [0.3, 0.4) is 0 Å². The molecule has 2 heterocycles. The Bertz CT molecular complexity index is 980. The summed E-state index contributed by atoms with van der Waals surface area (Å²) in [5.74, 6) is 0.163. The van der Waals surface area contributed by atoms with Crippen molar-refractivity contribution in [2.24, 2.45) is 0 Å². The van der Waals surface area contributed by atoms with E-state index in [1.54, 1.807) is 36.1 Å². The van der Waals surface area contributed by atoms with Crippen molar-refractivity contribution in [3.05, 3.63) is 65.9 Å². The van der Waals surface area contributed by atoms with Gasteiger partial charge in [-0.2, -0.15) is 0 Å². The lowest BCUT2D eigenvalue weighted by atomic mass is 10.1. The Morgan fingerprint density at radius 2 is 1.89 bits per heavy atom. The highest BCUT2D eigenvalue weighted by Crippen LogP contribution is 2.26. The van der Waals surface area contributed by atoms with Gasteiger partial charge in [-0.1, -0.05) is 35.5 Å². The lowest BCUT2D eigenvalue weighted by Crippen LogP contribution is -2.27. The van der Waals surface area contributed by atoms with E-state index in [1.165, 1.54) is 0 Å². The minimum Gasteiger partial charge on any atom is -0.360 e. The maximum atomic E-state index is 12.8. The van der Waals surface area contributed by atoms with E-state index >= 15 is 0 Å². The van der Waals surface area contributed by atoms with Crippen LogP contribution in [-0.2, 0) is 0 Å². The number of benzene rings is 2. The van der Waals surface area contributed by atoms with Crippen LogP contribution in [0.4, 0.5) is 16.2 Å². The van der Waals surface area contributed by atoms with E-state index in [0.29, 0.717) is 35.8 Å². The average Bonchev–Trinajstić information content (AvgIpc) is 3.29. The zero-order valence-corrected chi connectivity index (χ0v) is 14.7. The number of amides is 3. The molecule has 1 saturated heterocycles. The molecular weight excluding hydrogens is 344 g/mol. The fourth-order valence-corrected chi connectivity index (χ4v) is 3.07. The molecule has 1 aliphatic rings. The number of aryl methyl sites for hydroxylation is 1. The first-order valence-electron chi connectivity index (χ1n) is 8.62. The molecular formula is C20H18N4O3. The minimum absolute atomic E-state index is 0.112. The predicted octanol–water partition coefficient (Wildman–Crippen LogP) is 3.43. The third-order valence-corrected chi connectivity index (χ3v) is 4.43. The van der Waals surface area contributed by atoms with Gasteiger partial charge in [-0.25, -0.2) is 4.79 Å². The van der Waals surface area contributed by atoms with Crippen LogP contribution in [0.2, 0.25) is 0 Å². The van der Waals surface area contributed by atoms with Crippen molar-refractivity contribution >= 4 is 23.3 Å². The molecule has 7 nitrogen and oxygen atoms in total. The summed E-state index contributed by atoms with van der Waals surface area (Å²) in [6.07, 6.45) is 0. The highest BCUT2D eigenvalue weighted by Gasteiger charge is 2.23. The van der Waals surface area contributed by atoms with Gasteiger partial charge in [-0.3, -0.25) is 9.69 Å². The zero-order chi connectivity index (χ0) is 18.8. The summed E-state index contributed by atoms with van der Waals surface area (Å²) in [5, 5.41) is 9.66. The molecule has 7 heteroatoms. The lowest BCUT2D eigenvalue weighted by molar-refractivity contribution is 0.102. The van der Waals surface area contributed by atoms with Gasteiger partial charge in [0.25, 0.3) is 5.91 Å². The van der Waals surface area contributed by atoms with Crippen molar-refractivity contribution in [3.8, 4) is 11.3 Å². The third-order valence-electron chi connectivity index (χ3n) is 4.43. The van der Waals surface area contributed by atoms with Crippen LogP contribution in [-0.4, -0.2) is 30.2 Å². The molecule has 1 aromatic heterocycles. The molecule has 0 bridgehead atoms. The third kappa shape index (κ3) is 3.27. The molecule has 0 spiro atoms. The van der Waals surface area contributed by atoms with Crippen LogP contribution in [0, 0.1) is 6.92 Å². The number of nitrogens with one attached hydrogen (secondary N) is 2. The molecule has 136 valence electrons. The minimum atomic E-state index is -0.292. The zero-order valence-electron chi connectivity index (χ0n) is 14.7. The van der Waals surface area contributed by atoms with Gasteiger partial charge < -0.3 is 15.2 Å². The number of carbonyl (C=O) groups is 2. The Morgan fingerprint density at radius 3 is 2.56 bits per heavy atom. The number of hydrogen-bond acceptors (Lipinski definition) is 4.